The van der Waals surface area contributed by atoms with Gasteiger partial charge in [0.1, 0.15) is 5.56 Å². The summed E-state index contributed by atoms with van der Waals surface area (Å²) in [6.07, 6.45) is 1.24. The Bertz CT molecular complexity index is 496. The molecule has 6 heteroatoms. The first-order chi connectivity index (χ1) is 9.04. The summed E-state index contributed by atoms with van der Waals surface area (Å²) in [4.78, 5) is 23.9. The molecule has 1 heterocycles. The molecule has 1 unspecified atom stereocenters. The Labute approximate surface area is 112 Å². The molecule has 0 aliphatic rings. The van der Waals surface area contributed by atoms with E-state index in [1.54, 1.807) is 0 Å². The van der Waals surface area contributed by atoms with E-state index in [2.05, 4.69) is 15.5 Å². The third kappa shape index (κ3) is 3.64. The second-order valence-electron chi connectivity index (χ2n) is 4.56. The lowest BCUT2D eigenvalue weighted by molar-refractivity contribution is 0.0939. The largest absolute Gasteiger partial charge is 0.396 e. The van der Waals surface area contributed by atoms with Gasteiger partial charge in [0.25, 0.3) is 11.5 Å². The van der Waals surface area contributed by atoms with E-state index < -0.39 is 11.5 Å². The molecule has 0 aliphatic carbocycles. The zero-order chi connectivity index (χ0) is 14.4. The fourth-order valence-electron chi connectivity index (χ4n) is 1.86. The minimum absolute atomic E-state index is 0.00612. The molecule has 0 fully saturated rings. The maximum atomic E-state index is 12.1. The van der Waals surface area contributed by atoms with Crippen LogP contribution < -0.4 is 10.9 Å². The molecule has 0 aromatic carbocycles. The molecule has 1 rings (SSSR count). The smallest absolute Gasteiger partial charge is 0.277 e. The van der Waals surface area contributed by atoms with Crippen LogP contribution in [0.3, 0.4) is 0 Å². The van der Waals surface area contributed by atoms with Gasteiger partial charge in [-0.25, -0.2) is 5.10 Å². The molecule has 6 nitrogen and oxygen atoms in total. The third-order valence-electron chi connectivity index (χ3n) is 3.01. The molecular weight excluding hydrogens is 246 g/mol. The van der Waals surface area contributed by atoms with E-state index in [0.29, 0.717) is 24.9 Å². The molecule has 19 heavy (non-hydrogen) atoms. The maximum absolute atomic E-state index is 12.1. The molecular formula is C13H21N3O3. The number of H-pyrrole nitrogens is 1. The lowest BCUT2D eigenvalue weighted by Crippen LogP contribution is -2.35. The highest BCUT2D eigenvalue weighted by molar-refractivity contribution is 5.95. The second-order valence-corrected chi connectivity index (χ2v) is 4.56. The van der Waals surface area contributed by atoms with Crippen molar-refractivity contribution in [1.82, 2.24) is 15.5 Å². The highest BCUT2D eigenvalue weighted by Gasteiger charge is 2.18. The van der Waals surface area contributed by atoms with Gasteiger partial charge >= 0.3 is 0 Å². The van der Waals surface area contributed by atoms with Crippen LogP contribution in [0.25, 0.3) is 0 Å². The fraction of sp³-hybridized carbons (Fsp3) is 0.615. The van der Waals surface area contributed by atoms with Crippen LogP contribution in [0.1, 0.15) is 42.4 Å². The monoisotopic (exact) mass is 267 g/mol. The van der Waals surface area contributed by atoms with Crippen molar-refractivity contribution in [3.63, 3.8) is 0 Å². The lowest BCUT2D eigenvalue weighted by atomic mass is 10.0. The molecule has 1 amide bonds. The quantitative estimate of drug-likeness (QED) is 0.688. The van der Waals surface area contributed by atoms with Gasteiger partial charge in [-0.05, 0) is 24.3 Å². The lowest BCUT2D eigenvalue weighted by Gasteiger charge is -2.12. The van der Waals surface area contributed by atoms with E-state index in [4.69, 9.17) is 5.11 Å². The molecule has 1 atom stereocenters. The van der Waals surface area contributed by atoms with Gasteiger partial charge in [-0.3, -0.25) is 9.59 Å². The van der Waals surface area contributed by atoms with Gasteiger partial charge in [0, 0.05) is 13.2 Å². The molecule has 106 valence electrons. The van der Waals surface area contributed by atoms with Crippen LogP contribution in [0.2, 0.25) is 0 Å². The van der Waals surface area contributed by atoms with E-state index in [-0.39, 0.29) is 18.1 Å². The number of carbonyl (C=O) groups is 1. The Morgan fingerprint density at radius 1 is 1.42 bits per heavy atom. The Morgan fingerprint density at radius 3 is 2.63 bits per heavy atom. The van der Waals surface area contributed by atoms with E-state index in [1.807, 2.05) is 20.8 Å². The first kappa shape index (κ1) is 15.4. The number of amides is 1. The number of nitrogens with one attached hydrogen (secondary N) is 2. The molecule has 0 saturated heterocycles. The zero-order valence-electron chi connectivity index (χ0n) is 11.6. The average Bonchev–Trinajstić information content (AvgIpc) is 2.43. The molecule has 0 bridgehead atoms. The van der Waals surface area contributed by atoms with Crippen molar-refractivity contribution in [2.75, 3.05) is 13.2 Å². The minimum atomic E-state index is -0.469. The molecule has 1 aromatic rings. The van der Waals surface area contributed by atoms with Crippen LogP contribution in [-0.4, -0.2) is 34.4 Å². The third-order valence-corrected chi connectivity index (χ3v) is 3.01. The summed E-state index contributed by atoms with van der Waals surface area (Å²) >= 11 is 0. The molecule has 0 radical (unpaired) electrons. The molecule has 1 aromatic heterocycles. The van der Waals surface area contributed by atoms with Gasteiger partial charge in [0.15, 0.2) is 0 Å². The number of aliphatic hydroxyl groups excluding tert-OH is 1. The minimum Gasteiger partial charge on any atom is -0.396 e. The van der Waals surface area contributed by atoms with Crippen molar-refractivity contribution in [3.05, 3.63) is 27.2 Å². The zero-order valence-corrected chi connectivity index (χ0v) is 11.6. The van der Waals surface area contributed by atoms with Crippen LogP contribution >= 0.6 is 0 Å². The normalized spacial score (nSPS) is 12.2. The predicted octanol–water partition coefficient (Wildman–Crippen LogP) is 0.253. The van der Waals surface area contributed by atoms with Gasteiger partial charge in [0.05, 0.1) is 5.69 Å². The first-order valence-electron chi connectivity index (χ1n) is 6.54. The van der Waals surface area contributed by atoms with Gasteiger partial charge in [-0.15, -0.1) is 0 Å². The van der Waals surface area contributed by atoms with Gasteiger partial charge in [-0.1, -0.05) is 20.8 Å². The van der Waals surface area contributed by atoms with E-state index in [9.17, 15) is 9.59 Å². The number of carbonyl (C=O) groups excluding carboxylic acids is 1. The topological polar surface area (TPSA) is 95.1 Å². The number of hydrogen-bond acceptors (Lipinski definition) is 4. The predicted molar refractivity (Wildman–Crippen MR) is 72.2 cm³/mol. The average molecular weight is 267 g/mol. The number of aromatic nitrogens is 2. The summed E-state index contributed by atoms with van der Waals surface area (Å²) in [5, 5.41) is 17.9. The van der Waals surface area contributed by atoms with E-state index >= 15 is 0 Å². The summed E-state index contributed by atoms with van der Waals surface area (Å²) < 4.78 is 0. The summed E-state index contributed by atoms with van der Waals surface area (Å²) in [5.74, 6) is -0.448. The fourth-order valence-corrected chi connectivity index (χ4v) is 1.86. The SMILES string of the molecule is CCc1n[nH]c(=O)c(C(=O)NCC(C)CO)c1CC. The summed E-state index contributed by atoms with van der Waals surface area (Å²) in [7, 11) is 0. The van der Waals surface area contributed by atoms with Crippen molar-refractivity contribution in [2.24, 2.45) is 5.92 Å². The highest BCUT2D eigenvalue weighted by atomic mass is 16.3. The number of rotatable bonds is 6. The number of aryl methyl sites for hydroxylation is 1. The molecule has 0 saturated carbocycles. The maximum Gasteiger partial charge on any atom is 0.277 e. The summed E-state index contributed by atoms with van der Waals surface area (Å²) in [6, 6.07) is 0. The van der Waals surface area contributed by atoms with Crippen LogP contribution in [0.5, 0.6) is 0 Å². The Hall–Kier alpha value is -1.69. The van der Waals surface area contributed by atoms with Crippen LogP contribution in [0.15, 0.2) is 4.79 Å². The van der Waals surface area contributed by atoms with E-state index in [1.165, 1.54) is 0 Å². The van der Waals surface area contributed by atoms with Crippen molar-refractivity contribution in [3.8, 4) is 0 Å². The summed E-state index contributed by atoms with van der Waals surface area (Å²) in [6.45, 7) is 5.96. The van der Waals surface area contributed by atoms with Gasteiger partial charge in [-0.2, -0.15) is 5.10 Å². The van der Waals surface area contributed by atoms with Crippen molar-refractivity contribution >= 4 is 5.91 Å². The van der Waals surface area contributed by atoms with Crippen molar-refractivity contribution < 1.29 is 9.90 Å². The standard InChI is InChI=1S/C13H21N3O3/c1-4-9-10(5-2)15-16-13(19)11(9)12(18)14-6-8(3)7-17/h8,17H,4-7H2,1-3H3,(H,14,18)(H,16,19). The second kappa shape index (κ2) is 7.04. The Morgan fingerprint density at radius 2 is 2.11 bits per heavy atom. The van der Waals surface area contributed by atoms with E-state index in [0.717, 1.165) is 5.69 Å². The first-order valence-corrected chi connectivity index (χ1v) is 6.54. The van der Waals surface area contributed by atoms with Crippen LogP contribution in [-0.2, 0) is 12.8 Å². The van der Waals surface area contributed by atoms with Gasteiger partial charge < -0.3 is 10.4 Å². The molecule has 0 spiro atoms. The number of aliphatic hydroxyl groups is 1. The van der Waals surface area contributed by atoms with Gasteiger partial charge in [0.2, 0.25) is 0 Å². The number of nitrogens with zero attached hydrogens (tertiary/aromatic N) is 1. The Balaban J connectivity index is 3.04. The van der Waals surface area contributed by atoms with Crippen LogP contribution in [0.4, 0.5) is 0 Å². The molecule has 3 N–H and O–H groups in total. The van der Waals surface area contributed by atoms with Crippen molar-refractivity contribution in [1.29, 1.82) is 0 Å². The number of hydrogen-bond donors (Lipinski definition) is 3. The number of aromatic amines is 1. The highest BCUT2D eigenvalue weighted by Crippen LogP contribution is 2.10. The van der Waals surface area contributed by atoms with Crippen LogP contribution in [0, 0.1) is 5.92 Å². The summed E-state index contributed by atoms with van der Waals surface area (Å²) in [5.41, 5.74) is 1.10. The van der Waals surface area contributed by atoms with Crippen molar-refractivity contribution in [2.45, 2.75) is 33.6 Å². The Kier molecular flexibility index (Phi) is 5.69. The molecule has 0 aliphatic heterocycles.